The summed E-state index contributed by atoms with van der Waals surface area (Å²) in [4.78, 5) is 0. The molecule has 0 aromatic carbocycles. The van der Waals surface area contributed by atoms with Crippen LogP contribution in [-0.2, 0) is 9.84 Å². The van der Waals surface area contributed by atoms with Crippen molar-refractivity contribution in [2.75, 3.05) is 0 Å². The van der Waals surface area contributed by atoms with Crippen molar-refractivity contribution >= 4 is 21.4 Å². The Balaban J connectivity index is 3.25. The van der Waals surface area contributed by atoms with Gasteiger partial charge in [-0.1, -0.05) is 11.6 Å². The molecule has 0 amide bonds. The van der Waals surface area contributed by atoms with Crippen molar-refractivity contribution in [3.8, 4) is 0 Å². The summed E-state index contributed by atoms with van der Waals surface area (Å²) in [5, 5.41) is 7.17. The molecule has 0 fully saturated rings. The van der Waals surface area contributed by atoms with Gasteiger partial charge >= 0.3 is 0 Å². The molecule has 0 unspecified atom stereocenters. The van der Waals surface area contributed by atoms with E-state index in [0.29, 0.717) is 0 Å². The van der Waals surface area contributed by atoms with Crippen LogP contribution in [0.25, 0.3) is 0 Å². The summed E-state index contributed by atoms with van der Waals surface area (Å²) in [5.74, 6) is 0. The molecule has 0 N–H and O–H groups in total. The van der Waals surface area contributed by atoms with Crippen LogP contribution in [0.15, 0.2) is 17.2 Å². The Kier molecular flexibility index (Phi) is 2.83. The molecule has 0 aliphatic rings. The molecule has 1 heterocycles. The van der Waals surface area contributed by atoms with Crippen molar-refractivity contribution in [3.63, 3.8) is 0 Å². The predicted molar refractivity (Wildman–Crippen MR) is 54.0 cm³/mol. The van der Waals surface area contributed by atoms with Crippen LogP contribution in [0.5, 0.6) is 0 Å². The Morgan fingerprint density at radius 1 is 1.21 bits per heavy atom. The van der Waals surface area contributed by atoms with E-state index in [1.165, 1.54) is 12.1 Å². The van der Waals surface area contributed by atoms with Gasteiger partial charge < -0.3 is 0 Å². The van der Waals surface area contributed by atoms with Gasteiger partial charge in [0.05, 0.1) is 4.75 Å². The zero-order chi connectivity index (χ0) is 11.0. The Morgan fingerprint density at radius 2 is 1.79 bits per heavy atom. The lowest BCUT2D eigenvalue weighted by Crippen LogP contribution is -2.28. The van der Waals surface area contributed by atoms with Crippen LogP contribution in [-0.4, -0.2) is 23.4 Å². The second-order valence-corrected chi connectivity index (χ2v) is 6.85. The Bertz CT molecular complexity index is 420. The zero-order valence-corrected chi connectivity index (χ0v) is 9.72. The highest BCUT2D eigenvalue weighted by molar-refractivity contribution is 7.92. The first-order chi connectivity index (χ1) is 6.25. The van der Waals surface area contributed by atoms with Crippen molar-refractivity contribution in [1.82, 2.24) is 10.2 Å². The van der Waals surface area contributed by atoms with E-state index >= 15 is 0 Å². The summed E-state index contributed by atoms with van der Waals surface area (Å²) in [7, 11) is -3.43. The second-order valence-electron chi connectivity index (χ2n) is 3.81. The number of nitrogens with zero attached hydrogens (tertiary/aromatic N) is 2. The van der Waals surface area contributed by atoms with Crippen LogP contribution in [0.2, 0.25) is 5.15 Å². The third-order valence-corrected chi connectivity index (χ3v) is 4.27. The average Bonchev–Trinajstić information content (AvgIpc) is 2.03. The third-order valence-electron chi connectivity index (χ3n) is 1.69. The standard InChI is InChI=1S/C8H11ClN2O2S/c1-8(2,3)14(12,13)7-5-4-6(9)10-11-7/h4-5H,1-3H3. The molecule has 1 rings (SSSR count). The highest BCUT2D eigenvalue weighted by atomic mass is 35.5. The summed E-state index contributed by atoms with van der Waals surface area (Å²) in [5.41, 5.74) is 0. The zero-order valence-electron chi connectivity index (χ0n) is 8.15. The summed E-state index contributed by atoms with van der Waals surface area (Å²) in [6.07, 6.45) is 0. The normalized spacial score (nSPS) is 12.9. The lowest BCUT2D eigenvalue weighted by molar-refractivity contribution is 0.554. The van der Waals surface area contributed by atoms with E-state index in [0.717, 1.165) is 0 Å². The summed E-state index contributed by atoms with van der Waals surface area (Å²) >= 11 is 5.51. The van der Waals surface area contributed by atoms with Gasteiger partial charge in [0.25, 0.3) is 0 Å². The van der Waals surface area contributed by atoms with Crippen molar-refractivity contribution in [1.29, 1.82) is 0 Å². The summed E-state index contributed by atoms with van der Waals surface area (Å²) < 4.78 is 22.8. The number of hydrogen-bond donors (Lipinski definition) is 0. The van der Waals surface area contributed by atoms with Crippen molar-refractivity contribution < 1.29 is 8.42 Å². The number of aromatic nitrogens is 2. The van der Waals surface area contributed by atoms with E-state index in [-0.39, 0.29) is 10.2 Å². The van der Waals surface area contributed by atoms with Crippen LogP contribution in [0.4, 0.5) is 0 Å². The minimum Gasteiger partial charge on any atom is -0.221 e. The molecular formula is C8H11ClN2O2S. The topological polar surface area (TPSA) is 59.9 Å². The quantitative estimate of drug-likeness (QED) is 0.742. The van der Waals surface area contributed by atoms with Crippen LogP contribution in [0.1, 0.15) is 20.8 Å². The van der Waals surface area contributed by atoms with E-state index in [2.05, 4.69) is 10.2 Å². The van der Waals surface area contributed by atoms with E-state index < -0.39 is 14.6 Å². The van der Waals surface area contributed by atoms with Gasteiger partial charge in [0.15, 0.2) is 10.2 Å². The molecule has 6 heteroatoms. The average molecular weight is 235 g/mol. The fraction of sp³-hybridized carbons (Fsp3) is 0.500. The second kappa shape index (κ2) is 3.47. The van der Waals surface area contributed by atoms with Crippen LogP contribution >= 0.6 is 11.6 Å². The Labute approximate surface area is 88.2 Å². The maximum Gasteiger partial charge on any atom is 0.202 e. The van der Waals surface area contributed by atoms with Crippen LogP contribution in [0, 0.1) is 0 Å². The minimum atomic E-state index is -3.43. The third kappa shape index (κ3) is 2.04. The SMILES string of the molecule is CC(C)(C)S(=O)(=O)c1ccc(Cl)nn1. The molecule has 0 saturated carbocycles. The van der Waals surface area contributed by atoms with Gasteiger partial charge in [-0.2, -0.15) is 0 Å². The summed E-state index contributed by atoms with van der Waals surface area (Å²) in [6.45, 7) is 4.83. The number of rotatable bonds is 1. The first kappa shape index (κ1) is 11.4. The molecule has 0 aliphatic carbocycles. The predicted octanol–water partition coefficient (Wildman–Crippen LogP) is 1.70. The molecule has 4 nitrogen and oxygen atoms in total. The van der Waals surface area contributed by atoms with Crippen LogP contribution in [0.3, 0.4) is 0 Å². The van der Waals surface area contributed by atoms with Gasteiger partial charge in [0.1, 0.15) is 0 Å². The van der Waals surface area contributed by atoms with E-state index in [4.69, 9.17) is 11.6 Å². The lowest BCUT2D eigenvalue weighted by Gasteiger charge is -2.17. The molecule has 14 heavy (non-hydrogen) atoms. The molecule has 1 aromatic heterocycles. The molecule has 0 aliphatic heterocycles. The fourth-order valence-corrected chi connectivity index (χ4v) is 1.88. The Morgan fingerprint density at radius 3 is 2.14 bits per heavy atom. The monoisotopic (exact) mass is 234 g/mol. The maximum atomic E-state index is 11.8. The molecule has 0 saturated heterocycles. The molecule has 0 spiro atoms. The van der Waals surface area contributed by atoms with Gasteiger partial charge in [-0.05, 0) is 32.9 Å². The maximum absolute atomic E-state index is 11.8. The van der Waals surface area contributed by atoms with Crippen molar-refractivity contribution in [3.05, 3.63) is 17.3 Å². The van der Waals surface area contributed by atoms with E-state index in [1.54, 1.807) is 20.8 Å². The van der Waals surface area contributed by atoms with Gasteiger partial charge in [-0.15, -0.1) is 10.2 Å². The van der Waals surface area contributed by atoms with Crippen molar-refractivity contribution in [2.24, 2.45) is 0 Å². The molecule has 0 bridgehead atoms. The highest BCUT2D eigenvalue weighted by Gasteiger charge is 2.32. The molecule has 78 valence electrons. The van der Waals surface area contributed by atoms with Crippen molar-refractivity contribution in [2.45, 2.75) is 30.5 Å². The van der Waals surface area contributed by atoms with E-state index in [9.17, 15) is 8.42 Å². The lowest BCUT2D eigenvalue weighted by atomic mass is 10.3. The highest BCUT2D eigenvalue weighted by Crippen LogP contribution is 2.22. The number of hydrogen-bond acceptors (Lipinski definition) is 4. The van der Waals surface area contributed by atoms with Gasteiger partial charge in [-0.25, -0.2) is 8.42 Å². The molecular weight excluding hydrogens is 224 g/mol. The Hall–Kier alpha value is -0.680. The van der Waals surface area contributed by atoms with Gasteiger partial charge in [0, 0.05) is 0 Å². The minimum absolute atomic E-state index is 0.0469. The van der Waals surface area contributed by atoms with Gasteiger partial charge in [0.2, 0.25) is 9.84 Å². The summed E-state index contributed by atoms with van der Waals surface area (Å²) in [6, 6.07) is 2.77. The van der Waals surface area contributed by atoms with Crippen LogP contribution < -0.4 is 0 Å². The molecule has 1 aromatic rings. The molecule has 0 radical (unpaired) electrons. The number of halogens is 1. The first-order valence-corrected chi connectivity index (χ1v) is 5.85. The largest absolute Gasteiger partial charge is 0.221 e. The number of sulfone groups is 1. The fourth-order valence-electron chi connectivity index (χ4n) is 0.761. The molecule has 0 atom stereocenters. The smallest absolute Gasteiger partial charge is 0.202 e. The first-order valence-electron chi connectivity index (χ1n) is 3.99. The van der Waals surface area contributed by atoms with E-state index in [1.807, 2.05) is 0 Å². The van der Waals surface area contributed by atoms with Gasteiger partial charge in [-0.3, -0.25) is 0 Å².